The minimum absolute atomic E-state index is 0.596. The van der Waals surface area contributed by atoms with E-state index in [1.807, 2.05) is 49.6 Å². The van der Waals surface area contributed by atoms with Crippen LogP contribution in [0.4, 0.5) is 0 Å². The Balaban J connectivity index is 2.19. The van der Waals surface area contributed by atoms with Crippen LogP contribution in [0, 0.1) is 6.92 Å². The van der Waals surface area contributed by atoms with Crippen molar-refractivity contribution in [2.75, 3.05) is 0 Å². The molecule has 3 heteroatoms. The molecule has 128 valence electrons. The predicted octanol–water partition coefficient (Wildman–Crippen LogP) is 5.69. The topological polar surface area (TPSA) is 17.8 Å². The molecule has 0 unspecified atom stereocenters. The van der Waals surface area contributed by atoms with Crippen molar-refractivity contribution in [3.8, 4) is 0 Å². The molecule has 1 aromatic heterocycles. The third-order valence-corrected chi connectivity index (χ3v) is 5.16. The highest BCUT2D eigenvalue weighted by molar-refractivity contribution is 6.31. The average molecular weight is 359 g/mol. The van der Waals surface area contributed by atoms with Crippen LogP contribution in [0.15, 0.2) is 97.3 Å². The molecule has 0 saturated carbocycles. The van der Waals surface area contributed by atoms with Crippen LogP contribution in [0.25, 0.3) is 0 Å². The maximum absolute atomic E-state index is 6.74. The van der Waals surface area contributed by atoms with Crippen molar-refractivity contribution in [2.45, 2.75) is 12.5 Å². The summed E-state index contributed by atoms with van der Waals surface area (Å²) in [6.45, 7) is 2.03. The molecule has 2 nitrogen and oxygen atoms in total. The van der Waals surface area contributed by atoms with E-state index in [2.05, 4.69) is 64.1 Å². The molecule has 0 amide bonds. The Bertz CT molecular complexity index is 967. The van der Waals surface area contributed by atoms with Crippen molar-refractivity contribution in [2.24, 2.45) is 0 Å². The van der Waals surface area contributed by atoms with Crippen molar-refractivity contribution in [1.29, 1.82) is 0 Å². The Morgan fingerprint density at radius 1 is 0.769 bits per heavy atom. The number of hydrogen-bond donors (Lipinski definition) is 0. The molecule has 0 N–H and O–H groups in total. The molecule has 0 saturated heterocycles. The van der Waals surface area contributed by atoms with Crippen molar-refractivity contribution in [1.82, 2.24) is 9.55 Å². The van der Waals surface area contributed by atoms with Crippen molar-refractivity contribution in [3.05, 3.63) is 125 Å². The summed E-state index contributed by atoms with van der Waals surface area (Å²) in [6, 6.07) is 29.0. The number of nitrogens with zero attached hydrogens (tertiary/aromatic N) is 2. The van der Waals surface area contributed by atoms with E-state index in [0.29, 0.717) is 0 Å². The summed E-state index contributed by atoms with van der Waals surface area (Å²) in [6.07, 6.45) is 3.87. The second-order valence-corrected chi connectivity index (χ2v) is 6.67. The van der Waals surface area contributed by atoms with E-state index < -0.39 is 5.54 Å². The molecule has 0 atom stereocenters. The zero-order valence-electron chi connectivity index (χ0n) is 14.5. The lowest BCUT2D eigenvalue weighted by molar-refractivity contribution is 0.502. The molecule has 3 aromatic carbocycles. The maximum atomic E-state index is 6.74. The third-order valence-electron chi connectivity index (χ3n) is 4.83. The fourth-order valence-corrected chi connectivity index (χ4v) is 4.00. The van der Waals surface area contributed by atoms with E-state index in [4.69, 9.17) is 11.6 Å². The van der Waals surface area contributed by atoms with Crippen LogP contribution >= 0.6 is 11.6 Å². The van der Waals surface area contributed by atoms with Crippen LogP contribution in [0.2, 0.25) is 5.02 Å². The zero-order valence-corrected chi connectivity index (χ0v) is 15.3. The molecule has 1 heterocycles. The van der Waals surface area contributed by atoms with Crippen LogP contribution < -0.4 is 0 Å². The van der Waals surface area contributed by atoms with E-state index >= 15 is 0 Å². The number of imidazole rings is 1. The van der Waals surface area contributed by atoms with Gasteiger partial charge in [0.25, 0.3) is 0 Å². The van der Waals surface area contributed by atoms with E-state index in [1.165, 1.54) is 0 Å². The normalized spacial score (nSPS) is 11.5. The molecule has 0 bridgehead atoms. The smallest absolute Gasteiger partial charge is 0.123 e. The maximum Gasteiger partial charge on any atom is 0.123 e. The van der Waals surface area contributed by atoms with Crippen molar-refractivity contribution in [3.63, 3.8) is 0 Å². The molecule has 0 spiro atoms. The molecule has 4 rings (SSSR count). The molecular formula is C23H19ClN2. The molecule has 0 aliphatic rings. The first-order valence-electron chi connectivity index (χ1n) is 8.61. The summed E-state index contributed by atoms with van der Waals surface area (Å²) in [7, 11) is 0. The van der Waals surface area contributed by atoms with Gasteiger partial charge < -0.3 is 4.57 Å². The summed E-state index contributed by atoms with van der Waals surface area (Å²) in [4.78, 5) is 4.51. The fraction of sp³-hybridized carbons (Fsp3) is 0.0870. The van der Waals surface area contributed by atoms with Crippen LogP contribution in [-0.4, -0.2) is 9.55 Å². The summed E-state index contributed by atoms with van der Waals surface area (Å²) in [5, 5.41) is 0.730. The van der Waals surface area contributed by atoms with Crippen molar-refractivity contribution < 1.29 is 0 Å². The first-order chi connectivity index (χ1) is 12.7. The van der Waals surface area contributed by atoms with Gasteiger partial charge in [0.05, 0.1) is 0 Å². The molecule has 4 aromatic rings. The average Bonchev–Trinajstić information content (AvgIpc) is 3.12. The number of halogens is 1. The van der Waals surface area contributed by atoms with Crippen LogP contribution in [0.3, 0.4) is 0 Å². The van der Waals surface area contributed by atoms with E-state index in [9.17, 15) is 0 Å². The first-order valence-corrected chi connectivity index (χ1v) is 8.99. The minimum atomic E-state index is -0.596. The molecule has 0 radical (unpaired) electrons. The highest BCUT2D eigenvalue weighted by Crippen LogP contribution is 2.43. The first kappa shape index (κ1) is 16.6. The quantitative estimate of drug-likeness (QED) is 0.429. The largest absolute Gasteiger partial charge is 0.317 e. The number of aromatic nitrogens is 2. The van der Waals surface area contributed by atoms with Crippen LogP contribution in [-0.2, 0) is 5.54 Å². The molecule has 0 aliphatic heterocycles. The second-order valence-electron chi connectivity index (χ2n) is 6.27. The lowest BCUT2D eigenvalue weighted by Gasteiger charge is -2.38. The second kappa shape index (κ2) is 6.81. The summed E-state index contributed by atoms with van der Waals surface area (Å²) < 4.78 is 2.21. The zero-order chi connectivity index (χ0) is 18.0. The number of aryl methyl sites for hydroxylation is 1. The molecule has 0 fully saturated rings. The highest BCUT2D eigenvalue weighted by Gasteiger charge is 2.40. The minimum Gasteiger partial charge on any atom is -0.317 e. The third kappa shape index (κ3) is 2.54. The fourth-order valence-electron chi connectivity index (χ4n) is 3.73. The molecular weight excluding hydrogens is 340 g/mol. The Labute approximate surface area is 158 Å². The van der Waals surface area contributed by atoms with Gasteiger partial charge in [-0.3, -0.25) is 0 Å². The Kier molecular flexibility index (Phi) is 4.36. The standard InChI is InChI=1S/C23H19ClN2/c1-18-25-16-17-26(18)23(19-10-4-2-5-11-19,20-12-6-3-7-13-20)21-14-8-9-15-22(21)24/h2-17H,1H3. The number of hydrogen-bond acceptors (Lipinski definition) is 1. The monoisotopic (exact) mass is 358 g/mol. The highest BCUT2D eigenvalue weighted by atomic mass is 35.5. The van der Waals surface area contributed by atoms with Crippen LogP contribution in [0.5, 0.6) is 0 Å². The van der Waals surface area contributed by atoms with E-state index in [0.717, 1.165) is 27.5 Å². The Morgan fingerprint density at radius 3 is 1.81 bits per heavy atom. The summed E-state index contributed by atoms with van der Waals surface area (Å²) >= 11 is 6.74. The summed E-state index contributed by atoms with van der Waals surface area (Å²) in [5.74, 6) is 0.928. The number of benzene rings is 3. The van der Waals surface area contributed by atoms with Gasteiger partial charge in [-0.25, -0.2) is 4.98 Å². The SMILES string of the molecule is Cc1nccn1C(c1ccccc1)(c1ccccc1)c1ccccc1Cl. The van der Waals surface area contributed by atoms with Crippen LogP contribution in [0.1, 0.15) is 22.5 Å². The molecule has 26 heavy (non-hydrogen) atoms. The van der Waals surface area contributed by atoms with E-state index in [1.54, 1.807) is 0 Å². The lowest BCUT2D eigenvalue weighted by atomic mass is 9.76. The lowest BCUT2D eigenvalue weighted by Crippen LogP contribution is -2.38. The van der Waals surface area contributed by atoms with Gasteiger partial charge in [-0.2, -0.15) is 0 Å². The van der Waals surface area contributed by atoms with Gasteiger partial charge in [0, 0.05) is 23.0 Å². The predicted molar refractivity (Wildman–Crippen MR) is 107 cm³/mol. The molecule has 0 aliphatic carbocycles. The van der Waals surface area contributed by atoms with E-state index in [-0.39, 0.29) is 0 Å². The van der Waals surface area contributed by atoms with Gasteiger partial charge in [0.2, 0.25) is 0 Å². The Hall–Kier alpha value is -2.84. The van der Waals surface area contributed by atoms with Crippen molar-refractivity contribution >= 4 is 11.6 Å². The van der Waals surface area contributed by atoms with Gasteiger partial charge in [0.1, 0.15) is 11.4 Å². The number of rotatable bonds is 4. The van der Waals surface area contributed by atoms with Gasteiger partial charge in [-0.05, 0) is 24.1 Å². The van der Waals surface area contributed by atoms with Gasteiger partial charge in [0.15, 0.2) is 0 Å². The van der Waals surface area contributed by atoms with Gasteiger partial charge in [-0.15, -0.1) is 0 Å². The van der Waals surface area contributed by atoms with Gasteiger partial charge >= 0.3 is 0 Å². The summed E-state index contributed by atoms with van der Waals surface area (Å²) in [5.41, 5.74) is 2.71. The Morgan fingerprint density at radius 2 is 1.31 bits per heavy atom. The van der Waals surface area contributed by atoms with Gasteiger partial charge in [-0.1, -0.05) is 90.5 Å².